The number of carbonyl (C=O) groups excluding carboxylic acids is 1. The SMILES string of the molecule is Cc1cc(C)c(C)c(Oc2cncc(C=O)c2)c1. The van der Waals surface area contributed by atoms with E-state index in [4.69, 9.17) is 4.74 Å². The van der Waals surface area contributed by atoms with Crippen molar-refractivity contribution >= 4 is 6.29 Å². The fourth-order valence-electron chi connectivity index (χ4n) is 1.79. The summed E-state index contributed by atoms with van der Waals surface area (Å²) in [7, 11) is 0. The molecule has 1 aromatic heterocycles. The summed E-state index contributed by atoms with van der Waals surface area (Å²) in [5.74, 6) is 1.38. The van der Waals surface area contributed by atoms with Crippen LogP contribution in [0.15, 0.2) is 30.6 Å². The van der Waals surface area contributed by atoms with Crippen molar-refractivity contribution in [1.82, 2.24) is 4.98 Å². The smallest absolute Gasteiger partial charge is 0.151 e. The Bertz CT molecular complexity index is 591. The van der Waals surface area contributed by atoms with Crippen molar-refractivity contribution in [2.75, 3.05) is 0 Å². The van der Waals surface area contributed by atoms with E-state index in [2.05, 4.69) is 18.0 Å². The molecular formula is C15H15NO2. The van der Waals surface area contributed by atoms with Crippen LogP contribution in [0.5, 0.6) is 11.5 Å². The predicted octanol–water partition coefficient (Wildman–Crippen LogP) is 3.61. The van der Waals surface area contributed by atoms with Crippen molar-refractivity contribution in [1.29, 1.82) is 0 Å². The lowest BCUT2D eigenvalue weighted by Gasteiger charge is -2.11. The minimum Gasteiger partial charge on any atom is -0.455 e. The van der Waals surface area contributed by atoms with Crippen LogP contribution >= 0.6 is 0 Å². The third-order valence-electron chi connectivity index (χ3n) is 2.86. The van der Waals surface area contributed by atoms with E-state index in [1.807, 2.05) is 19.9 Å². The van der Waals surface area contributed by atoms with Crippen LogP contribution in [0.2, 0.25) is 0 Å². The molecule has 0 aliphatic carbocycles. The van der Waals surface area contributed by atoms with Gasteiger partial charge in [-0.1, -0.05) is 6.07 Å². The fraction of sp³-hybridized carbons (Fsp3) is 0.200. The number of rotatable bonds is 3. The van der Waals surface area contributed by atoms with Gasteiger partial charge in [-0.3, -0.25) is 9.78 Å². The van der Waals surface area contributed by atoms with Crippen LogP contribution in [0.4, 0.5) is 0 Å². The van der Waals surface area contributed by atoms with Gasteiger partial charge in [-0.25, -0.2) is 0 Å². The Balaban J connectivity index is 2.36. The second kappa shape index (κ2) is 5.00. The summed E-state index contributed by atoms with van der Waals surface area (Å²) in [5.41, 5.74) is 3.93. The molecule has 1 heterocycles. The zero-order chi connectivity index (χ0) is 13.1. The third kappa shape index (κ3) is 2.56. The minimum atomic E-state index is 0.509. The predicted molar refractivity (Wildman–Crippen MR) is 70.4 cm³/mol. The molecule has 3 heteroatoms. The average molecular weight is 241 g/mol. The van der Waals surface area contributed by atoms with E-state index in [-0.39, 0.29) is 0 Å². The van der Waals surface area contributed by atoms with E-state index >= 15 is 0 Å². The van der Waals surface area contributed by atoms with Crippen LogP contribution in [0, 0.1) is 20.8 Å². The molecule has 0 aliphatic rings. The number of pyridine rings is 1. The van der Waals surface area contributed by atoms with Crippen molar-refractivity contribution < 1.29 is 9.53 Å². The highest BCUT2D eigenvalue weighted by Gasteiger charge is 2.06. The zero-order valence-corrected chi connectivity index (χ0v) is 10.7. The Morgan fingerprint density at radius 2 is 1.89 bits per heavy atom. The molecule has 0 aliphatic heterocycles. The molecule has 0 atom stereocenters. The van der Waals surface area contributed by atoms with Crippen LogP contribution in [0.25, 0.3) is 0 Å². The zero-order valence-electron chi connectivity index (χ0n) is 10.7. The van der Waals surface area contributed by atoms with Gasteiger partial charge in [0.15, 0.2) is 6.29 Å². The number of aldehydes is 1. The minimum absolute atomic E-state index is 0.509. The van der Waals surface area contributed by atoms with Gasteiger partial charge in [-0.05, 0) is 49.6 Å². The topological polar surface area (TPSA) is 39.2 Å². The number of aromatic nitrogens is 1. The first-order valence-corrected chi connectivity index (χ1v) is 5.76. The standard InChI is InChI=1S/C15H15NO2/c1-10-4-11(2)12(3)15(5-10)18-14-6-13(9-17)7-16-8-14/h4-9H,1-3H3. The van der Waals surface area contributed by atoms with Gasteiger partial charge in [0.2, 0.25) is 0 Å². The summed E-state index contributed by atoms with van der Waals surface area (Å²) in [6.45, 7) is 6.09. The number of nitrogens with zero attached hydrogens (tertiary/aromatic N) is 1. The molecule has 0 fully saturated rings. The molecule has 92 valence electrons. The van der Waals surface area contributed by atoms with Gasteiger partial charge >= 0.3 is 0 Å². The normalized spacial score (nSPS) is 10.2. The Morgan fingerprint density at radius 1 is 1.11 bits per heavy atom. The van der Waals surface area contributed by atoms with Crippen molar-refractivity contribution in [2.24, 2.45) is 0 Å². The number of carbonyl (C=O) groups is 1. The maximum Gasteiger partial charge on any atom is 0.151 e. The van der Waals surface area contributed by atoms with Gasteiger partial charge in [0, 0.05) is 11.8 Å². The summed E-state index contributed by atoms with van der Waals surface area (Å²) < 4.78 is 5.79. The van der Waals surface area contributed by atoms with Crippen LogP contribution < -0.4 is 4.74 Å². The van der Waals surface area contributed by atoms with Crippen LogP contribution in [0.3, 0.4) is 0 Å². The van der Waals surface area contributed by atoms with E-state index < -0.39 is 0 Å². The van der Waals surface area contributed by atoms with Gasteiger partial charge in [-0.15, -0.1) is 0 Å². The number of hydrogen-bond donors (Lipinski definition) is 0. The Hall–Kier alpha value is -2.16. The lowest BCUT2D eigenvalue weighted by molar-refractivity contribution is 0.112. The molecule has 0 saturated carbocycles. The van der Waals surface area contributed by atoms with Crippen LogP contribution in [-0.2, 0) is 0 Å². The largest absolute Gasteiger partial charge is 0.455 e. The summed E-state index contributed by atoms with van der Waals surface area (Å²) in [6.07, 6.45) is 3.87. The lowest BCUT2D eigenvalue weighted by Crippen LogP contribution is -1.93. The second-order valence-corrected chi connectivity index (χ2v) is 4.38. The lowest BCUT2D eigenvalue weighted by atomic mass is 10.1. The molecule has 0 unspecified atom stereocenters. The summed E-state index contributed by atoms with van der Waals surface area (Å²) in [6, 6.07) is 5.77. The van der Waals surface area contributed by atoms with Gasteiger partial charge < -0.3 is 4.74 Å². The first kappa shape index (κ1) is 12.3. The van der Waals surface area contributed by atoms with Crippen molar-refractivity contribution in [3.63, 3.8) is 0 Å². The molecule has 0 spiro atoms. The molecule has 18 heavy (non-hydrogen) atoms. The number of benzene rings is 1. The van der Waals surface area contributed by atoms with Gasteiger partial charge in [0.1, 0.15) is 11.5 Å². The first-order valence-electron chi connectivity index (χ1n) is 5.76. The Labute approximate surface area is 106 Å². The first-order chi connectivity index (χ1) is 8.60. The van der Waals surface area contributed by atoms with Crippen molar-refractivity contribution in [3.05, 3.63) is 52.8 Å². The summed E-state index contributed by atoms with van der Waals surface area (Å²) in [5, 5.41) is 0. The highest BCUT2D eigenvalue weighted by Crippen LogP contribution is 2.28. The fourth-order valence-corrected chi connectivity index (χ4v) is 1.79. The summed E-state index contributed by atoms with van der Waals surface area (Å²) >= 11 is 0. The van der Waals surface area contributed by atoms with Crippen LogP contribution in [0.1, 0.15) is 27.0 Å². The number of hydrogen-bond acceptors (Lipinski definition) is 3. The molecule has 0 saturated heterocycles. The summed E-state index contributed by atoms with van der Waals surface area (Å²) in [4.78, 5) is 14.7. The molecule has 0 bridgehead atoms. The van der Waals surface area contributed by atoms with E-state index in [0.29, 0.717) is 11.3 Å². The highest BCUT2D eigenvalue weighted by atomic mass is 16.5. The van der Waals surface area contributed by atoms with E-state index in [9.17, 15) is 4.79 Å². The quantitative estimate of drug-likeness (QED) is 0.770. The van der Waals surface area contributed by atoms with Gasteiger partial charge in [0.25, 0.3) is 0 Å². The molecule has 2 aromatic rings. The Morgan fingerprint density at radius 3 is 2.61 bits per heavy atom. The van der Waals surface area contributed by atoms with E-state index in [1.54, 1.807) is 12.3 Å². The van der Waals surface area contributed by atoms with Crippen LogP contribution in [-0.4, -0.2) is 11.3 Å². The molecule has 0 radical (unpaired) electrons. The van der Waals surface area contributed by atoms with Gasteiger partial charge in [0.05, 0.1) is 6.20 Å². The number of aryl methyl sites for hydroxylation is 2. The van der Waals surface area contributed by atoms with Crippen molar-refractivity contribution in [3.8, 4) is 11.5 Å². The van der Waals surface area contributed by atoms with Gasteiger partial charge in [-0.2, -0.15) is 0 Å². The highest BCUT2D eigenvalue weighted by molar-refractivity contribution is 5.74. The Kier molecular flexibility index (Phi) is 3.42. The maximum absolute atomic E-state index is 10.7. The maximum atomic E-state index is 10.7. The third-order valence-corrected chi connectivity index (χ3v) is 2.86. The molecule has 1 aromatic carbocycles. The molecule has 0 amide bonds. The monoisotopic (exact) mass is 241 g/mol. The number of ether oxygens (including phenoxy) is 1. The van der Waals surface area contributed by atoms with E-state index in [0.717, 1.165) is 23.2 Å². The van der Waals surface area contributed by atoms with Crippen molar-refractivity contribution in [2.45, 2.75) is 20.8 Å². The second-order valence-electron chi connectivity index (χ2n) is 4.38. The molecule has 3 nitrogen and oxygen atoms in total. The average Bonchev–Trinajstić information content (AvgIpc) is 2.35. The molecule has 0 N–H and O–H groups in total. The molecular weight excluding hydrogens is 226 g/mol. The van der Waals surface area contributed by atoms with E-state index in [1.165, 1.54) is 11.8 Å². The molecule has 2 rings (SSSR count).